The van der Waals surface area contributed by atoms with Gasteiger partial charge in [-0.1, -0.05) is 53.7 Å². The lowest BCUT2D eigenvalue weighted by Crippen LogP contribution is -2.47. The van der Waals surface area contributed by atoms with Crippen LogP contribution in [0.15, 0.2) is 59.1 Å². The Balaban J connectivity index is 1.69. The largest absolute Gasteiger partial charge is 0.344 e. The summed E-state index contributed by atoms with van der Waals surface area (Å²) in [6.45, 7) is 2.52. The van der Waals surface area contributed by atoms with E-state index in [4.69, 9.17) is 11.6 Å². The number of hydrogen-bond donors (Lipinski definition) is 0. The molecule has 2 aliphatic heterocycles. The Morgan fingerprint density at radius 1 is 1.22 bits per heavy atom. The van der Waals surface area contributed by atoms with Crippen molar-refractivity contribution < 1.29 is 4.79 Å². The third-order valence-corrected chi connectivity index (χ3v) is 6.44. The molecule has 2 aromatic rings. The van der Waals surface area contributed by atoms with Crippen LogP contribution in [0.25, 0.3) is 0 Å². The van der Waals surface area contributed by atoms with Crippen LogP contribution < -0.4 is 4.90 Å². The number of nitrogens with zero attached hydrogens (tertiary/aromatic N) is 3. The number of anilines is 1. The average Bonchev–Trinajstić information content (AvgIpc) is 2.68. The van der Waals surface area contributed by atoms with Crippen molar-refractivity contribution in [2.75, 3.05) is 17.4 Å². The van der Waals surface area contributed by atoms with Crippen LogP contribution in [0.4, 0.5) is 5.69 Å². The normalized spacial score (nSPS) is 19.7. The first kappa shape index (κ1) is 18.0. The lowest BCUT2D eigenvalue weighted by Gasteiger charge is -2.42. The number of nitriles is 1. The topological polar surface area (TPSA) is 47.3 Å². The van der Waals surface area contributed by atoms with Crippen molar-refractivity contribution in [3.8, 4) is 6.07 Å². The van der Waals surface area contributed by atoms with Crippen LogP contribution >= 0.6 is 23.4 Å². The standard InChI is InChI=1S/C21H18ClN3OS/c1-14-5-4-6-15(9-14)24-12-25-20(26)10-17(16-7-2-3-8-19(16)22)18(11-23)21(25)27-13-24/h2-9,17H,10,12-13H2,1H3/t17-/m0/s1. The highest BCUT2D eigenvalue weighted by Crippen LogP contribution is 2.44. The number of carbonyl (C=O) groups excluding carboxylic acids is 1. The van der Waals surface area contributed by atoms with Crippen molar-refractivity contribution >= 4 is 35.0 Å². The number of benzene rings is 2. The van der Waals surface area contributed by atoms with Gasteiger partial charge in [-0.3, -0.25) is 9.69 Å². The maximum Gasteiger partial charge on any atom is 0.229 e. The molecule has 0 unspecified atom stereocenters. The number of carbonyl (C=O) groups is 1. The number of thioether (sulfide) groups is 1. The van der Waals surface area contributed by atoms with Crippen molar-refractivity contribution in [2.24, 2.45) is 0 Å². The van der Waals surface area contributed by atoms with Gasteiger partial charge in [0.25, 0.3) is 0 Å². The highest BCUT2D eigenvalue weighted by molar-refractivity contribution is 8.03. The summed E-state index contributed by atoms with van der Waals surface area (Å²) in [6, 6.07) is 18.1. The first-order valence-corrected chi connectivity index (χ1v) is 10.1. The quantitative estimate of drug-likeness (QED) is 0.727. The summed E-state index contributed by atoms with van der Waals surface area (Å²) in [7, 11) is 0. The third kappa shape index (κ3) is 3.31. The molecule has 0 spiro atoms. The Hall–Kier alpha value is -2.42. The molecule has 1 saturated heterocycles. The Morgan fingerprint density at radius 2 is 2.04 bits per heavy atom. The Labute approximate surface area is 168 Å². The summed E-state index contributed by atoms with van der Waals surface area (Å²) in [5.41, 5.74) is 3.75. The van der Waals surface area contributed by atoms with E-state index in [1.165, 1.54) is 5.56 Å². The van der Waals surface area contributed by atoms with E-state index in [2.05, 4.69) is 36.1 Å². The van der Waals surface area contributed by atoms with Crippen molar-refractivity contribution in [3.63, 3.8) is 0 Å². The van der Waals surface area contributed by atoms with E-state index in [0.29, 0.717) is 23.1 Å². The number of aryl methyl sites for hydroxylation is 1. The molecule has 136 valence electrons. The van der Waals surface area contributed by atoms with Crippen LogP contribution in [-0.2, 0) is 4.79 Å². The number of fused-ring (bicyclic) bond motifs is 1. The fourth-order valence-corrected chi connectivity index (χ4v) is 5.01. The van der Waals surface area contributed by atoms with Crippen LogP contribution in [0.5, 0.6) is 0 Å². The molecule has 2 aromatic carbocycles. The minimum absolute atomic E-state index is 0.0266. The van der Waals surface area contributed by atoms with E-state index in [1.807, 2.05) is 24.3 Å². The fraction of sp³-hybridized carbons (Fsp3) is 0.238. The minimum Gasteiger partial charge on any atom is -0.344 e. The molecule has 27 heavy (non-hydrogen) atoms. The summed E-state index contributed by atoms with van der Waals surface area (Å²) in [5.74, 6) is 0.447. The molecule has 0 aliphatic carbocycles. The van der Waals surface area contributed by atoms with E-state index < -0.39 is 0 Å². The minimum atomic E-state index is -0.277. The molecular weight excluding hydrogens is 378 g/mol. The lowest BCUT2D eigenvalue weighted by molar-refractivity contribution is -0.129. The van der Waals surface area contributed by atoms with Crippen molar-refractivity contribution in [1.82, 2.24) is 4.90 Å². The maximum absolute atomic E-state index is 12.9. The molecule has 0 radical (unpaired) electrons. The molecule has 2 aliphatic rings. The summed E-state index contributed by atoms with van der Waals surface area (Å²) in [6.07, 6.45) is 0.262. The molecule has 0 aromatic heterocycles. The molecule has 4 nitrogen and oxygen atoms in total. The second-order valence-corrected chi connectivity index (χ2v) is 8.07. The van der Waals surface area contributed by atoms with Gasteiger partial charge in [0.15, 0.2) is 0 Å². The molecule has 0 N–H and O–H groups in total. The monoisotopic (exact) mass is 395 g/mol. The second-order valence-electron chi connectivity index (χ2n) is 6.72. The molecule has 2 heterocycles. The van der Waals surface area contributed by atoms with Gasteiger partial charge in [-0.2, -0.15) is 5.26 Å². The lowest BCUT2D eigenvalue weighted by atomic mass is 9.86. The highest BCUT2D eigenvalue weighted by atomic mass is 35.5. The molecule has 1 amide bonds. The van der Waals surface area contributed by atoms with E-state index in [9.17, 15) is 10.1 Å². The molecule has 0 saturated carbocycles. The van der Waals surface area contributed by atoms with Gasteiger partial charge in [0.05, 0.1) is 29.2 Å². The average molecular weight is 396 g/mol. The number of halogens is 1. The van der Waals surface area contributed by atoms with Crippen molar-refractivity contribution in [3.05, 3.63) is 75.3 Å². The van der Waals surface area contributed by atoms with Crippen LogP contribution in [0.3, 0.4) is 0 Å². The predicted octanol–water partition coefficient (Wildman–Crippen LogP) is 4.87. The zero-order valence-corrected chi connectivity index (χ0v) is 16.4. The fourth-order valence-electron chi connectivity index (χ4n) is 3.57. The van der Waals surface area contributed by atoms with Crippen molar-refractivity contribution in [2.45, 2.75) is 19.3 Å². The van der Waals surface area contributed by atoms with Gasteiger partial charge in [0.1, 0.15) is 0 Å². The first-order valence-electron chi connectivity index (χ1n) is 8.72. The Bertz CT molecular complexity index is 981. The third-order valence-electron chi connectivity index (χ3n) is 4.94. The maximum atomic E-state index is 12.9. The van der Waals surface area contributed by atoms with Crippen molar-refractivity contribution in [1.29, 1.82) is 5.26 Å². The molecule has 1 fully saturated rings. The van der Waals surface area contributed by atoms with Gasteiger partial charge >= 0.3 is 0 Å². The molecule has 1 atom stereocenters. The van der Waals surface area contributed by atoms with E-state index >= 15 is 0 Å². The van der Waals surface area contributed by atoms with Gasteiger partial charge in [0.2, 0.25) is 5.91 Å². The zero-order valence-electron chi connectivity index (χ0n) is 14.9. The molecule has 6 heteroatoms. The van der Waals surface area contributed by atoms with Gasteiger partial charge < -0.3 is 4.90 Å². The summed E-state index contributed by atoms with van der Waals surface area (Å²) in [5, 5.41) is 11.2. The van der Waals surface area contributed by atoms with Crippen LogP contribution in [0, 0.1) is 18.3 Å². The Morgan fingerprint density at radius 3 is 2.78 bits per heavy atom. The molecule has 4 rings (SSSR count). The SMILES string of the molecule is Cc1cccc(N2CSC3=C(C#N)[C@H](c4ccccc4Cl)CC(=O)N3C2)c1. The predicted molar refractivity (Wildman–Crippen MR) is 109 cm³/mol. The van der Waals surface area contributed by atoms with Crippen LogP contribution in [0.2, 0.25) is 5.02 Å². The number of hydrogen-bond acceptors (Lipinski definition) is 4. The summed E-state index contributed by atoms with van der Waals surface area (Å²) in [4.78, 5) is 16.8. The van der Waals surface area contributed by atoms with Gasteiger partial charge in [-0.05, 0) is 36.2 Å². The Kier molecular flexibility index (Phi) is 4.86. The van der Waals surface area contributed by atoms with Gasteiger partial charge in [-0.15, -0.1) is 0 Å². The van der Waals surface area contributed by atoms with E-state index in [0.717, 1.165) is 16.3 Å². The molecule has 0 bridgehead atoms. The number of rotatable bonds is 2. The molecular formula is C21H18ClN3OS. The second kappa shape index (κ2) is 7.30. The van der Waals surface area contributed by atoms with E-state index in [1.54, 1.807) is 22.7 Å². The van der Waals surface area contributed by atoms with Gasteiger partial charge in [-0.25, -0.2) is 0 Å². The highest BCUT2D eigenvalue weighted by Gasteiger charge is 2.38. The summed E-state index contributed by atoms with van der Waals surface area (Å²) < 4.78 is 0. The van der Waals surface area contributed by atoms with Gasteiger partial charge in [0, 0.05) is 23.0 Å². The van der Waals surface area contributed by atoms with Crippen LogP contribution in [-0.4, -0.2) is 23.4 Å². The van der Waals surface area contributed by atoms with E-state index in [-0.39, 0.29) is 18.2 Å². The number of allylic oxidation sites excluding steroid dienone is 1. The summed E-state index contributed by atoms with van der Waals surface area (Å²) >= 11 is 7.89. The first-order chi connectivity index (χ1) is 13.1. The number of amides is 1. The van der Waals surface area contributed by atoms with Crippen LogP contribution in [0.1, 0.15) is 23.5 Å². The smallest absolute Gasteiger partial charge is 0.229 e. The zero-order chi connectivity index (χ0) is 19.0.